The first-order valence-electron chi connectivity index (χ1n) is 7.38. The van der Waals surface area contributed by atoms with E-state index in [2.05, 4.69) is 30.9 Å². The Labute approximate surface area is 111 Å². The molecule has 18 heavy (non-hydrogen) atoms. The Bertz CT molecular complexity index is 387. The number of nitrogen functional groups attached to an aromatic ring is 1. The number of unbranched alkanes of at least 4 members (excludes halogenated alkanes) is 1. The van der Waals surface area contributed by atoms with E-state index in [4.69, 9.17) is 5.73 Å². The van der Waals surface area contributed by atoms with Gasteiger partial charge in [-0.3, -0.25) is 0 Å². The Morgan fingerprint density at radius 1 is 1.33 bits per heavy atom. The lowest BCUT2D eigenvalue weighted by atomic mass is 9.98. The number of rotatable bonds is 6. The van der Waals surface area contributed by atoms with Gasteiger partial charge in [0.25, 0.3) is 0 Å². The van der Waals surface area contributed by atoms with Crippen LogP contribution in [0, 0.1) is 5.92 Å². The van der Waals surface area contributed by atoms with Crippen LogP contribution >= 0.6 is 0 Å². The third kappa shape index (κ3) is 2.80. The Balaban J connectivity index is 2.04. The molecule has 0 amide bonds. The van der Waals surface area contributed by atoms with Crippen molar-refractivity contribution in [3.8, 4) is 0 Å². The third-order valence-electron chi connectivity index (χ3n) is 4.14. The van der Waals surface area contributed by atoms with E-state index in [1.807, 2.05) is 6.07 Å². The summed E-state index contributed by atoms with van der Waals surface area (Å²) in [5, 5.41) is 0. The fourth-order valence-electron chi connectivity index (χ4n) is 2.98. The second kappa shape index (κ2) is 6.12. The first-order valence-corrected chi connectivity index (χ1v) is 7.38. The summed E-state index contributed by atoms with van der Waals surface area (Å²) in [6, 6.07) is 6.33. The fourth-order valence-corrected chi connectivity index (χ4v) is 2.98. The van der Waals surface area contributed by atoms with Crippen LogP contribution in [0.3, 0.4) is 0 Å². The summed E-state index contributed by atoms with van der Waals surface area (Å²) >= 11 is 0. The molecule has 1 heterocycles. The van der Waals surface area contributed by atoms with Gasteiger partial charge in [0, 0.05) is 13.1 Å². The van der Waals surface area contributed by atoms with Crippen molar-refractivity contribution in [2.24, 2.45) is 5.92 Å². The Morgan fingerprint density at radius 3 is 2.89 bits per heavy atom. The number of benzene rings is 1. The first kappa shape index (κ1) is 13.3. The van der Waals surface area contributed by atoms with Crippen molar-refractivity contribution in [1.82, 2.24) is 0 Å². The summed E-state index contributed by atoms with van der Waals surface area (Å²) in [5.74, 6) is 0.815. The average molecular weight is 246 g/mol. The van der Waals surface area contributed by atoms with Crippen LogP contribution in [0.2, 0.25) is 0 Å². The van der Waals surface area contributed by atoms with Crippen LogP contribution in [-0.4, -0.2) is 13.1 Å². The second-order valence-electron chi connectivity index (χ2n) is 5.47. The number of para-hydroxylation sites is 1. The van der Waals surface area contributed by atoms with Crippen LogP contribution in [0.25, 0.3) is 0 Å². The molecule has 1 aliphatic heterocycles. The van der Waals surface area contributed by atoms with Gasteiger partial charge < -0.3 is 10.6 Å². The first-order chi connectivity index (χ1) is 8.76. The summed E-state index contributed by atoms with van der Waals surface area (Å²) in [7, 11) is 0. The number of fused-ring (bicyclic) bond motifs is 1. The molecule has 1 aliphatic rings. The number of nitrogens with two attached hydrogens (primary N) is 1. The SMILES string of the molecule is CCCCC(CC)CN1CCc2cccc(N)c21. The molecule has 2 N–H and O–H groups in total. The van der Waals surface area contributed by atoms with Crippen molar-refractivity contribution in [2.75, 3.05) is 23.7 Å². The van der Waals surface area contributed by atoms with Crippen LogP contribution in [0.5, 0.6) is 0 Å². The van der Waals surface area contributed by atoms with Gasteiger partial charge in [0.2, 0.25) is 0 Å². The van der Waals surface area contributed by atoms with Gasteiger partial charge in [0.05, 0.1) is 11.4 Å². The molecular formula is C16H26N2. The lowest BCUT2D eigenvalue weighted by Gasteiger charge is -2.26. The van der Waals surface area contributed by atoms with Gasteiger partial charge in [-0.05, 0) is 30.4 Å². The Hall–Kier alpha value is -1.18. The zero-order chi connectivity index (χ0) is 13.0. The van der Waals surface area contributed by atoms with Crippen molar-refractivity contribution in [3.63, 3.8) is 0 Å². The Kier molecular flexibility index (Phi) is 4.51. The quantitative estimate of drug-likeness (QED) is 0.773. The second-order valence-corrected chi connectivity index (χ2v) is 5.47. The molecule has 1 aromatic rings. The summed E-state index contributed by atoms with van der Waals surface area (Å²) in [6.45, 7) is 6.91. The molecule has 0 radical (unpaired) electrons. The van der Waals surface area contributed by atoms with Gasteiger partial charge in [-0.2, -0.15) is 0 Å². The molecule has 0 aromatic heterocycles. The minimum absolute atomic E-state index is 0.815. The normalized spacial score (nSPS) is 15.8. The maximum atomic E-state index is 6.14. The van der Waals surface area contributed by atoms with Crippen molar-refractivity contribution in [2.45, 2.75) is 46.0 Å². The van der Waals surface area contributed by atoms with Gasteiger partial charge in [0.15, 0.2) is 0 Å². The molecule has 0 saturated heterocycles. The maximum absolute atomic E-state index is 6.14. The molecule has 0 spiro atoms. The van der Waals surface area contributed by atoms with E-state index in [0.717, 1.165) is 24.6 Å². The summed E-state index contributed by atoms with van der Waals surface area (Å²) in [4.78, 5) is 2.51. The predicted molar refractivity (Wildman–Crippen MR) is 80.1 cm³/mol. The predicted octanol–water partition coefficient (Wildman–Crippen LogP) is 3.85. The topological polar surface area (TPSA) is 29.3 Å². The molecule has 0 bridgehead atoms. The van der Waals surface area contributed by atoms with Crippen LogP contribution in [0.15, 0.2) is 18.2 Å². The highest BCUT2D eigenvalue weighted by Gasteiger charge is 2.23. The van der Waals surface area contributed by atoms with Crippen molar-refractivity contribution >= 4 is 11.4 Å². The van der Waals surface area contributed by atoms with Gasteiger partial charge in [0.1, 0.15) is 0 Å². The van der Waals surface area contributed by atoms with Crippen LogP contribution in [0.1, 0.15) is 45.1 Å². The molecule has 1 atom stereocenters. The highest BCUT2D eigenvalue weighted by molar-refractivity contribution is 5.74. The van der Waals surface area contributed by atoms with Crippen molar-refractivity contribution < 1.29 is 0 Å². The molecule has 0 saturated carbocycles. The number of hydrogen-bond acceptors (Lipinski definition) is 2. The molecule has 100 valence electrons. The van der Waals surface area contributed by atoms with Gasteiger partial charge in [-0.1, -0.05) is 45.2 Å². The third-order valence-corrected chi connectivity index (χ3v) is 4.14. The van der Waals surface area contributed by atoms with Gasteiger partial charge >= 0.3 is 0 Å². The van der Waals surface area contributed by atoms with Crippen molar-refractivity contribution in [1.29, 1.82) is 0 Å². The van der Waals surface area contributed by atoms with Crippen LogP contribution in [-0.2, 0) is 6.42 Å². The maximum Gasteiger partial charge on any atom is 0.0633 e. The zero-order valence-corrected chi connectivity index (χ0v) is 11.8. The van der Waals surface area contributed by atoms with E-state index in [1.54, 1.807) is 0 Å². The number of anilines is 2. The fraction of sp³-hybridized carbons (Fsp3) is 0.625. The van der Waals surface area contributed by atoms with E-state index < -0.39 is 0 Å². The van der Waals surface area contributed by atoms with E-state index in [1.165, 1.54) is 43.5 Å². The molecule has 2 nitrogen and oxygen atoms in total. The van der Waals surface area contributed by atoms with Crippen LogP contribution < -0.4 is 10.6 Å². The monoisotopic (exact) mass is 246 g/mol. The van der Waals surface area contributed by atoms with Crippen LogP contribution in [0.4, 0.5) is 11.4 Å². The molecule has 1 aromatic carbocycles. The molecule has 0 fully saturated rings. The smallest absolute Gasteiger partial charge is 0.0633 e. The van der Waals surface area contributed by atoms with Gasteiger partial charge in [-0.25, -0.2) is 0 Å². The summed E-state index contributed by atoms with van der Waals surface area (Å²) in [6.07, 6.45) is 6.44. The lowest BCUT2D eigenvalue weighted by Crippen LogP contribution is -2.28. The molecule has 2 rings (SSSR count). The minimum atomic E-state index is 0.815. The number of nitrogens with zero attached hydrogens (tertiary/aromatic N) is 1. The van der Waals surface area contributed by atoms with E-state index in [0.29, 0.717) is 0 Å². The molecule has 0 aliphatic carbocycles. The van der Waals surface area contributed by atoms with Crippen molar-refractivity contribution in [3.05, 3.63) is 23.8 Å². The largest absolute Gasteiger partial charge is 0.397 e. The molecule has 2 heteroatoms. The summed E-state index contributed by atoms with van der Waals surface area (Å²) in [5.41, 5.74) is 9.84. The minimum Gasteiger partial charge on any atom is -0.397 e. The summed E-state index contributed by atoms with van der Waals surface area (Å²) < 4.78 is 0. The lowest BCUT2D eigenvalue weighted by molar-refractivity contribution is 0.449. The highest BCUT2D eigenvalue weighted by Crippen LogP contribution is 2.34. The van der Waals surface area contributed by atoms with E-state index in [-0.39, 0.29) is 0 Å². The Morgan fingerprint density at radius 2 is 2.17 bits per heavy atom. The zero-order valence-electron chi connectivity index (χ0n) is 11.8. The molecular weight excluding hydrogens is 220 g/mol. The molecule has 1 unspecified atom stereocenters. The average Bonchev–Trinajstić information content (AvgIpc) is 2.79. The van der Waals surface area contributed by atoms with Gasteiger partial charge in [-0.15, -0.1) is 0 Å². The van der Waals surface area contributed by atoms with E-state index >= 15 is 0 Å². The van der Waals surface area contributed by atoms with E-state index in [9.17, 15) is 0 Å². The highest BCUT2D eigenvalue weighted by atomic mass is 15.2. The number of hydrogen-bond donors (Lipinski definition) is 1. The standard InChI is InChI=1S/C16H26N2/c1-3-5-7-13(4-2)12-18-11-10-14-8-6-9-15(17)16(14)18/h6,8-9,13H,3-5,7,10-12,17H2,1-2H3.